The Morgan fingerprint density at radius 2 is 1.31 bits per heavy atom. The number of hydrogen-bond acceptors (Lipinski definition) is 6. The van der Waals surface area contributed by atoms with Crippen LogP contribution in [0.5, 0.6) is 23.0 Å². The number of benzene rings is 3. The van der Waals surface area contributed by atoms with Crippen molar-refractivity contribution < 1.29 is 24.8 Å². The van der Waals surface area contributed by atoms with Crippen LogP contribution in [0.25, 0.3) is 22.3 Å². The summed E-state index contributed by atoms with van der Waals surface area (Å²) in [6.45, 7) is 12.1. The number of rotatable bonds is 3. The summed E-state index contributed by atoms with van der Waals surface area (Å²) in [5.41, 5.74) is 2.26. The summed E-state index contributed by atoms with van der Waals surface area (Å²) in [5.74, 6) is 0.00632. The quantitative estimate of drug-likeness (QED) is 0.263. The van der Waals surface area contributed by atoms with E-state index >= 15 is 0 Å². The Balaban J connectivity index is 1.97. The molecular formula is C30H32O6. The van der Waals surface area contributed by atoms with Crippen LogP contribution in [0, 0.1) is 0 Å². The lowest BCUT2D eigenvalue weighted by molar-refractivity contribution is 0.422. The zero-order valence-electron chi connectivity index (χ0n) is 21.4. The molecule has 36 heavy (non-hydrogen) atoms. The lowest BCUT2D eigenvalue weighted by Gasteiger charge is -2.28. The first-order valence-electron chi connectivity index (χ1n) is 11.8. The van der Waals surface area contributed by atoms with Crippen LogP contribution in [0.4, 0.5) is 0 Å². The summed E-state index contributed by atoms with van der Waals surface area (Å²) < 4.78 is 6.10. The molecular weight excluding hydrogens is 456 g/mol. The van der Waals surface area contributed by atoms with Crippen molar-refractivity contribution in [1.82, 2.24) is 0 Å². The predicted molar refractivity (Wildman–Crippen MR) is 141 cm³/mol. The molecule has 4 N–H and O–H groups in total. The smallest absolute Gasteiger partial charge is 0.197 e. The zero-order chi connectivity index (χ0) is 26.6. The van der Waals surface area contributed by atoms with Gasteiger partial charge in [-0.2, -0.15) is 0 Å². The Labute approximate surface area is 210 Å². The third-order valence-corrected chi connectivity index (χ3v) is 6.38. The first kappa shape index (κ1) is 25.2. The van der Waals surface area contributed by atoms with Crippen molar-refractivity contribution in [3.8, 4) is 34.3 Å². The van der Waals surface area contributed by atoms with Crippen LogP contribution in [0.15, 0.2) is 57.7 Å². The number of aromatic hydroxyl groups is 4. The van der Waals surface area contributed by atoms with E-state index in [4.69, 9.17) is 4.42 Å². The van der Waals surface area contributed by atoms with Crippen LogP contribution >= 0.6 is 0 Å². The van der Waals surface area contributed by atoms with Crippen LogP contribution in [0.2, 0.25) is 0 Å². The Bertz CT molecular complexity index is 1480. The molecule has 3 aromatic carbocycles. The number of phenols is 4. The van der Waals surface area contributed by atoms with E-state index in [1.54, 1.807) is 12.1 Å². The second-order valence-electron chi connectivity index (χ2n) is 11.3. The molecule has 4 rings (SSSR count). The van der Waals surface area contributed by atoms with Crippen molar-refractivity contribution in [2.45, 2.75) is 58.8 Å². The molecule has 1 aromatic heterocycles. The van der Waals surface area contributed by atoms with Gasteiger partial charge in [-0.25, -0.2) is 0 Å². The van der Waals surface area contributed by atoms with Gasteiger partial charge in [0.15, 0.2) is 5.43 Å². The van der Waals surface area contributed by atoms with Gasteiger partial charge in [0, 0.05) is 29.7 Å². The Morgan fingerprint density at radius 1 is 0.750 bits per heavy atom. The lowest BCUT2D eigenvalue weighted by atomic mass is 9.78. The van der Waals surface area contributed by atoms with Gasteiger partial charge >= 0.3 is 0 Å². The van der Waals surface area contributed by atoms with Gasteiger partial charge in [-0.05, 0) is 51.8 Å². The molecule has 0 aliphatic heterocycles. The number of phenolic OH excluding ortho intramolecular Hbond substituents is 4. The van der Waals surface area contributed by atoms with E-state index in [0.717, 1.165) is 22.8 Å². The standard InChI is InChI=1S/C30H32O6/c1-29(2,3)20-12-16(13-21(27(20)35)30(4,5)6)11-19-22(32)14-23(33)26-24(34)15-25(36-28(19)26)17-7-9-18(31)10-8-17/h7-10,12-15,31-33,35H,11H2,1-6H3. The number of hydrogen-bond donors (Lipinski definition) is 4. The van der Waals surface area contributed by atoms with Crippen molar-refractivity contribution in [2.24, 2.45) is 0 Å². The predicted octanol–water partition coefficient (Wildman–Crippen LogP) is 6.47. The van der Waals surface area contributed by atoms with Gasteiger partial charge in [-0.3, -0.25) is 4.79 Å². The highest BCUT2D eigenvalue weighted by Gasteiger charge is 2.27. The van der Waals surface area contributed by atoms with Crippen molar-refractivity contribution in [2.75, 3.05) is 0 Å². The Morgan fingerprint density at radius 3 is 1.83 bits per heavy atom. The molecule has 4 aromatic rings. The van der Waals surface area contributed by atoms with Gasteiger partial charge in [0.2, 0.25) is 0 Å². The first-order valence-corrected chi connectivity index (χ1v) is 11.8. The maximum Gasteiger partial charge on any atom is 0.197 e. The SMILES string of the molecule is CC(C)(C)c1cc(Cc2c(O)cc(O)c3c(=O)cc(-c4ccc(O)cc4)oc23)cc(C(C)(C)C)c1O. The second-order valence-corrected chi connectivity index (χ2v) is 11.3. The van der Waals surface area contributed by atoms with Crippen molar-refractivity contribution in [3.63, 3.8) is 0 Å². The molecule has 0 saturated carbocycles. The zero-order valence-corrected chi connectivity index (χ0v) is 21.4. The van der Waals surface area contributed by atoms with E-state index in [-0.39, 0.29) is 57.0 Å². The highest BCUT2D eigenvalue weighted by Crippen LogP contribution is 2.42. The molecule has 188 valence electrons. The third-order valence-electron chi connectivity index (χ3n) is 6.38. The van der Waals surface area contributed by atoms with Gasteiger partial charge in [-0.1, -0.05) is 53.7 Å². The number of fused-ring (bicyclic) bond motifs is 1. The van der Waals surface area contributed by atoms with Crippen molar-refractivity contribution >= 4 is 11.0 Å². The van der Waals surface area contributed by atoms with Gasteiger partial charge in [0.05, 0.1) is 0 Å². The van der Waals surface area contributed by atoms with E-state index in [1.165, 1.54) is 18.2 Å². The fourth-order valence-corrected chi connectivity index (χ4v) is 4.44. The summed E-state index contributed by atoms with van der Waals surface area (Å²) in [6, 6.07) is 12.5. The van der Waals surface area contributed by atoms with Crippen LogP contribution in [-0.4, -0.2) is 20.4 Å². The van der Waals surface area contributed by atoms with Crippen LogP contribution in [0.3, 0.4) is 0 Å². The van der Waals surface area contributed by atoms with Gasteiger partial charge in [0.1, 0.15) is 39.7 Å². The summed E-state index contributed by atoms with van der Waals surface area (Å²) >= 11 is 0. The molecule has 0 fully saturated rings. The monoisotopic (exact) mass is 488 g/mol. The molecule has 0 aliphatic rings. The average molecular weight is 489 g/mol. The molecule has 1 heterocycles. The molecule has 0 saturated heterocycles. The second kappa shape index (κ2) is 8.63. The highest BCUT2D eigenvalue weighted by atomic mass is 16.3. The topological polar surface area (TPSA) is 111 Å². The van der Waals surface area contributed by atoms with E-state index < -0.39 is 5.43 Å². The van der Waals surface area contributed by atoms with Gasteiger partial charge in [-0.15, -0.1) is 0 Å². The molecule has 0 radical (unpaired) electrons. The third kappa shape index (κ3) is 4.63. The summed E-state index contributed by atoms with van der Waals surface area (Å²) in [6.07, 6.45) is 0.205. The molecule has 0 bridgehead atoms. The molecule has 0 aliphatic carbocycles. The van der Waals surface area contributed by atoms with E-state index in [0.29, 0.717) is 11.1 Å². The van der Waals surface area contributed by atoms with Crippen molar-refractivity contribution in [1.29, 1.82) is 0 Å². The first-order chi connectivity index (χ1) is 16.7. The average Bonchev–Trinajstić information content (AvgIpc) is 2.75. The minimum Gasteiger partial charge on any atom is -0.508 e. The molecule has 6 heteroatoms. The van der Waals surface area contributed by atoms with E-state index in [9.17, 15) is 25.2 Å². The van der Waals surface area contributed by atoms with Crippen LogP contribution < -0.4 is 5.43 Å². The maximum absolute atomic E-state index is 13.0. The molecule has 0 spiro atoms. The van der Waals surface area contributed by atoms with E-state index in [1.807, 2.05) is 53.7 Å². The molecule has 0 atom stereocenters. The summed E-state index contributed by atoms with van der Waals surface area (Å²) in [7, 11) is 0. The largest absolute Gasteiger partial charge is 0.508 e. The fourth-order valence-electron chi connectivity index (χ4n) is 4.44. The molecule has 6 nitrogen and oxygen atoms in total. The lowest BCUT2D eigenvalue weighted by Crippen LogP contribution is -2.18. The fraction of sp³-hybridized carbons (Fsp3) is 0.300. The summed E-state index contributed by atoms with van der Waals surface area (Å²) in [5, 5.41) is 42.0. The molecule has 0 amide bonds. The van der Waals surface area contributed by atoms with Crippen LogP contribution in [-0.2, 0) is 17.3 Å². The highest BCUT2D eigenvalue weighted by molar-refractivity contribution is 5.89. The molecule has 0 unspecified atom stereocenters. The minimum absolute atomic E-state index is 0.0174. The Hall–Kier alpha value is -3.93. The van der Waals surface area contributed by atoms with Crippen LogP contribution in [0.1, 0.15) is 63.8 Å². The van der Waals surface area contributed by atoms with E-state index in [2.05, 4.69) is 0 Å². The van der Waals surface area contributed by atoms with Crippen molar-refractivity contribution in [3.05, 3.63) is 81.0 Å². The minimum atomic E-state index is -0.449. The Kier molecular flexibility index (Phi) is 6.03. The maximum atomic E-state index is 13.0. The summed E-state index contributed by atoms with van der Waals surface area (Å²) in [4.78, 5) is 13.0. The van der Waals surface area contributed by atoms with Gasteiger partial charge < -0.3 is 24.8 Å². The normalized spacial score (nSPS) is 12.3. The van der Waals surface area contributed by atoms with Gasteiger partial charge in [0.25, 0.3) is 0 Å².